The Labute approximate surface area is 144 Å². The molecule has 1 amide bonds. The Kier molecular flexibility index (Phi) is 4.94. The lowest BCUT2D eigenvalue weighted by Gasteiger charge is -2.27. The minimum absolute atomic E-state index is 0.0380. The fraction of sp³-hybridized carbons (Fsp3) is 0.353. The molecule has 1 saturated carbocycles. The number of halogens is 2. The molecule has 1 aliphatic rings. The van der Waals surface area contributed by atoms with Crippen LogP contribution in [0.1, 0.15) is 25.7 Å². The van der Waals surface area contributed by atoms with Crippen LogP contribution in [-0.2, 0) is 4.79 Å². The van der Waals surface area contributed by atoms with E-state index in [0.717, 1.165) is 31.2 Å². The third kappa shape index (κ3) is 3.82. The highest BCUT2D eigenvalue weighted by Gasteiger charge is 2.25. The van der Waals surface area contributed by atoms with Crippen LogP contribution in [0.15, 0.2) is 30.5 Å². The summed E-state index contributed by atoms with van der Waals surface area (Å²) in [6.07, 6.45) is 4.75. The zero-order valence-electron chi connectivity index (χ0n) is 13.0. The lowest BCUT2D eigenvalue weighted by Crippen LogP contribution is -2.32. The topological polar surface area (TPSA) is 80.9 Å². The van der Waals surface area contributed by atoms with Crippen LogP contribution in [0, 0.1) is 11.7 Å². The van der Waals surface area contributed by atoms with Crippen molar-refractivity contribution in [1.82, 2.24) is 9.97 Å². The molecule has 0 atom stereocenters. The third-order valence-corrected chi connectivity index (χ3v) is 4.60. The average molecular weight is 349 g/mol. The second kappa shape index (κ2) is 7.13. The van der Waals surface area contributed by atoms with Crippen molar-refractivity contribution in [1.29, 1.82) is 0 Å². The van der Waals surface area contributed by atoms with Gasteiger partial charge in [0, 0.05) is 17.5 Å². The maximum Gasteiger partial charge on any atom is 0.223 e. The molecular formula is C17H18ClFN4O. The zero-order valence-corrected chi connectivity index (χ0v) is 13.8. The standard InChI is InChI=1S/C17H18ClFN4O/c18-14-9-21-17(22-13-7-3-11(4-8-13)16(20)24)23-15(14)10-1-5-12(19)6-2-10/h1-2,5-6,9,11,13H,3-4,7-8H2,(H2,20,24)(H,21,22,23). The van der Waals surface area contributed by atoms with Crippen molar-refractivity contribution in [2.45, 2.75) is 31.7 Å². The number of nitrogens with two attached hydrogens (primary N) is 1. The number of amides is 1. The number of anilines is 1. The van der Waals surface area contributed by atoms with E-state index in [4.69, 9.17) is 17.3 Å². The Hall–Kier alpha value is -2.21. The lowest BCUT2D eigenvalue weighted by molar-refractivity contribution is -0.122. The van der Waals surface area contributed by atoms with Crippen LogP contribution in [0.25, 0.3) is 11.3 Å². The smallest absolute Gasteiger partial charge is 0.223 e. The van der Waals surface area contributed by atoms with Gasteiger partial charge in [0.15, 0.2) is 0 Å². The minimum atomic E-state index is -0.312. The van der Waals surface area contributed by atoms with E-state index in [1.165, 1.54) is 18.3 Å². The van der Waals surface area contributed by atoms with Gasteiger partial charge in [-0.1, -0.05) is 11.6 Å². The third-order valence-electron chi connectivity index (χ3n) is 4.32. The van der Waals surface area contributed by atoms with Crippen molar-refractivity contribution in [2.75, 3.05) is 5.32 Å². The number of nitrogens with one attached hydrogen (secondary N) is 1. The number of aromatic nitrogens is 2. The first-order valence-electron chi connectivity index (χ1n) is 7.87. The molecular weight excluding hydrogens is 331 g/mol. The molecule has 0 bridgehead atoms. The quantitative estimate of drug-likeness (QED) is 0.887. The van der Waals surface area contributed by atoms with Gasteiger partial charge >= 0.3 is 0 Å². The predicted octanol–water partition coefficient (Wildman–Crippen LogP) is 3.39. The van der Waals surface area contributed by atoms with Crippen LogP contribution >= 0.6 is 11.6 Å². The monoisotopic (exact) mass is 348 g/mol. The van der Waals surface area contributed by atoms with Crippen LogP contribution in [0.2, 0.25) is 5.02 Å². The highest BCUT2D eigenvalue weighted by molar-refractivity contribution is 6.32. The van der Waals surface area contributed by atoms with Gasteiger partial charge in [0.05, 0.1) is 16.9 Å². The van der Waals surface area contributed by atoms with Gasteiger partial charge in [0.25, 0.3) is 0 Å². The van der Waals surface area contributed by atoms with E-state index < -0.39 is 0 Å². The summed E-state index contributed by atoms with van der Waals surface area (Å²) in [5.74, 6) is -0.103. The summed E-state index contributed by atoms with van der Waals surface area (Å²) in [6.45, 7) is 0. The van der Waals surface area contributed by atoms with Gasteiger partial charge in [-0.05, 0) is 49.9 Å². The van der Waals surface area contributed by atoms with Gasteiger partial charge < -0.3 is 11.1 Å². The van der Waals surface area contributed by atoms with E-state index >= 15 is 0 Å². The molecule has 3 N–H and O–H groups in total. The zero-order chi connectivity index (χ0) is 17.1. The summed E-state index contributed by atoms with van der Waals surface area (Å²) in [4.78, 5) is 19.9. The first-order chi connectivity index (χ1) is 11.5. The van der Waals surface area contributed by atoms with Gasteiger partial charge in [0.1, 0.15) is 5.82 Å². The van der Waals surface area contributed by atoms with E-state index in [-0.39, 0.29) is 23.7 Å². The number of primary amides is 1. The highest BCUT2D eigenvalue weighted by atomic mass is 35.5. The highest BCUT2D eigenvalue weighted by Crippen LogP contribution is 2.29. The van der Waals surface area contributed by atoms with E-state index in [1.807, 2.05) is 0 Å². The largest absolute Gasteiger partial charge is 0.369 e. The second-order valence-electron chi connectivity index (χ2n) is 5.99. The van der Waals surface area contributed by atoms with Crippen molar-refractivity contribution in [3.63, 3.8) is 0 Å². The lowest BCUT2D eigenvalue weighted by atomic mass is 9.86. The van der Waals surface area contributed by atoms with E-state index in [0.29, 0.717) is 16.7 Å². The summed E-state index contributed by atoms with van der Waals surface area (Å²) in [5.41, 5.74) is 6.63. The molecule has 5 nitrogen and oxygen atoms in total. The summed E-state index contributed by atoms with van der Waals surface area (Å²) in [5, 5.41) is 3.69. The van der Waals surface area contributed by atoms with Gasteiger partial charge in [-0.15, -0.1) is 0 Å². The van der Waals surface area contributed by atoms with E-state index in [2.05, 4.69) is 15.3 Å². The molecule has 24 heavy (non-hydrogen) atoms. The molecule has 0 unspecified atom stereocenters. The second-order valence-corrected chi connectivity index (χ2v) is 6.40. The summed E-state index contributed by atoms with van der Waals surface area (Å²) >= 11 is 6.17. The summed E-state index contributed by atoms with van der Waals surface area (Å²) < 4.78 is 13.1. The fourth-order valence-electron chi connectivity index (χ4n) is 2.95. The molecule has 0 spiro atoms. The SMILES string of the molecule is NC(=O)C1CCC(Nc2ncc(Cl)c(-c3ccc(F)cc3)n2)CC1. The molecule has 7 heteroatoms. The van der Waals surface area contributed by atoms with Crippen LogP contribution in [0.5, 0.6) is 0 Å². The summed E-state index contributed by atoms with van der Waals surface area (Å²) in [6, 6.07) is 6.19. The maximum atomic E-state index is 13.1. The molecule has 2 aromatic rings. The molecule has 3 rings (SSSR count). The van der Waals surface area contributed by atoms with Gasteiger partial charge in [-0.25, -0.2) is 14.4 Å². The van der Waals surface area contributed by atoms with Crippen LogP contribution in [0.3, 0.4) is 0 Å². The molecule has 1 aliphatic carbocycles. The number of hydrogen-bond acceptors (Lipinski definition) is 4. The van der Waals surface area contributed by atoms with Crippen LogP contribution < -0.4 is 11.1 Å². The summed E-state index contributed by atoms with van der Waals surface area (Å²) in [7, 11) is 0. The molecule has 0 aliphatic heterocycles. The fourth-order valence-corrected chi connectivity index (χ4v) is 3.15. The molecule has 0 saturated heterocycles. The molecule has 0 radical (unpaired) electrons. The van der Waals surface area contributed by atoms with E-state index in [1.54, 1.807) is 12.1 Å². The van der Waals surface area contributed by atoms with Gasteiger partial charge in [-0.2, -0.15) is 0 Å². The van der Waals surface area contributed by atoms with Crippen LogP contribution in [-0.4, -0.2) is 21.9 Å². The molecule has 1 aromatic carbocycles. The molecule has 1 aromatic heterocycles. The number of benzene rings is 1. The minimum Gasteiger partial charge on any atom is -0.369 e. The van der Waals surface area contributed by atoms with Crippen molar-refractivity contribution < 1.29 is 9.18 Å². The Bertz CT molecular complexity index is 730. The van der Waals surface area contributed by atoms with Crippen molar-refractivity contribution in [2.24, 2.45) is 11.7 Å². The Morgan fingerprint density at radius 3 is 2.50 bits per heavy atom. The predicted molar refractivity (Wildman–Crippen MR) is 91.0 cm³/mol. The Morgan fingerprint density at radius 1 is 1.21 bits per heavy atom. The van der Waals surface area contributed by atoms with Crippen LogP contribution in [0.4, 0.5) is 10.3 Å². The molecule has 1 heterocycles. The van der Waals surface area contributed by atoms with Crippen molar-refractivity contribution in [3.05, 3.63) is 41.3 Å². The molecule has 1 fully saturated rings. The Balaban J connectivity index is 1.72. The average Bonchev–Trinajstić information content (AvgIpc) is 2.58. The molecule has 126 valence electrons. The number of carbonyl (C=O) groups is 1. The van der Waals surface area contributed by atoms with Gasteiger partial charge in [0.2, 0.25) is 11.9 Å². The first-order valence-corrected chi connectivity index (χ1v) is 8.25. The number of carbonyl (C=O) groups excluding carboxylic acids is 1. The van der Waals surface area contributed by atoms with Gasteiger partial charge in [-0.3, -0.25) is 4.79 Å². The first kappa shape index (κ1) is 16.6. The number of nitrogens with zero attached hydrogens (tertiary/aromatic N) is 2. The van der Waals surface area contributed by atoms with Crippen molar-refractivity contribution in [3.8, 4) is 11.3 Å². The normalized spacial score (nSPS) is 20.6. The van der Waals surface area contributed by atoms with Crippen molar-refractivity contribution >= 4 is 23.5 Å². The number of hydrogen-bond donors (Lipinski definition) is 2. The Morgan fingerprint density at radius 2 is 1.88 bits per heavy atom. The number of rotatable bonds is 4. The van der Waals surface area contributed by atoms with E-state index in [9.17, 15) is 9.18 Å². The maximum absolute atomic E-state index is 13.1.